The van der Waals surface area contributed by atoms with E-state index in [2.05, 4.69) is 0 Å². The van der Waals surface area contributed by atoms with Crippen molar-refractivity contribution in [3.63, 3.8) is 0 Å². The lowest BCUT2D eigenvalue weighted by atomic mass is 9.93. The lowest BCUT2D eigenvalue weighted by Gasteiger charge is -2.34. The minimum Gasteiger partial charge on any atom is -0.480 e. The van der Waals surface area contributed by atoms with Crippen molar-refractivity contribution in [1.29, 1.82) is 0 Å². The summed E-state index contributed by atoms with van der Waals surface area (Å²) in [5.41, 5.74) is 2.57. The van der Waals surface area contributed by atoms with Gasteiger partial charge in [0.25, 0.3) is 0 Å². The van der Waals surface area contributed by atoms with Gasteiger partial charge in [0.1, 0.15) is 5.75 Å². The van der Waals surface area contributed by atoms with Gasteiger partial charge in [0.15, 0.2) is 11.5 Å². The van der Waals surface area contributed by atoms with Crippen molar-refractivity contribution in [2.45, 2.75) is 58.5 Å². The number of methoxy groups -OCH3 is 1. The van der Waals surface area contributed by atoms with E-state index in [-0.39, 0.29) is 22.6 Å². The molecule has 172 valence electrons. The molecule has 0 unspecified atom stereocenters. The number of nitrogens with zero attached hydrogens (tertiary/aromatic N) is 1. The molecule has 0 saturated heterocycles. The van der Waals surface area contributed by atoms with E-state index >= 15 is 0 Å². The fraction of sp³-hybridized carbons (Fsp3) is 0.458. The predicted octanol–water partition coefficient (Wildman–Crippen LogP) is 4.65. The minimum absolute atomic E-state index is 0.0759. The topological polar surface area (TPSA) is 93.1 Å². The van der Waals surface area contributed by atoms with E-state index in [1.165, 1.54) is 24.9 Å². The van der Waals surface area contributed by atoms with Crippen molar-refractivity contribution in [2.75, 3.05) is 13.7 Å². The summed E-state index contributed by atoms with van der Waals surface area (Å²) in [5.74, 6) is -1.38. The van der Waals surface area contributed by atoms with Crippen LogP contribution in [0.4, 0.5) is 0 Å². The van der Waals surface area contributed by atoms with Crippen LogP contribution >= 0.6 is 11.3 Å². The maximum Gasteiger partial charge on any atom is 0.351 e. The molecule has 7 nitrogen and oxygen atoms in total. The standard InChI is InChI=1S/C24H29NO6S/c1-15-21(31-14-20(27)28)23(24(29)30-3)32-22(15)18-9-7-8-17(12-18)13-25(16(2)26)19-10-5-4-6-11-19/h7-9,12,19H,4-6,10-11,13-14H2,1-3H3,(H,27,28). The van der Waals surface area contributed by atoms with Crippen molar-refractivity contribution >= 4 is 29.2 Å². The molecule has 0 spiro atoms. The summed E-state index contributed by atoms with van der Waals surface area (Å²) in [6.45, 7) is 3.41. The Morgan fingerprint density at radius 3 is 2.53 bits per heavy atom. The van der Waals surface area contributed by atoms with E-state index < -0.39 is 18.5 Å². The molecule has 0 radical (unpaired) electrons. The zero-order valence-corrected chi connectivity index (χ0v) is 19.5. The van der Waals surface area contributed by atoms with E-state index in [1.54, 1.807) is 13.8 Å². The number of thiophene rings is 1. The number of ether oxygens (including phenoxy) is 2. The molecule has 1 aromatic carbocycles. The average Bonchev–Trinajstić information content (AvgIpc) is 3.12. The van der Waals surface area contributed by atoms with Crippen LogP contribution in [0, 0.1) is 6.92 Å². The van der Waals surface area contributed by atoms with Gasteiger partial charge in [-0.2, -0.15) is 0 Å². The van der Waals surface area contributed by atoms with Crippen molar-refractivity contribution in [3.05, 3.63) is 40.3 Å². The number of amides is 1. The summed E-state index contributed by atoms with van der Waals surface area (Å²) in [5, 5.41) is 8.98. The van der Waals surface area contributed by atoms with Crippen LogP contribution in [-0.2, 0) is 20.9 Å². The summed E-state index contributed by atoms with van der Waals surface area (Å²) in [6, 6.07) is 8.14. The molecule has 1 heterocycles. The lowest BCUT2D eigenvalue weighted by molar-refractivity contribution is -0.139. The first-order valence-electron chi connectivity index (χ1n) is 10.7. The largest absolute Gasteiger partial charge is 0.480 e. The second-order valence-corrected chi connectivity index (χ2v) is 9.05. The van der Waals surface area contributed by atoms with E-state index in [4.69, 9.17) is 14.6 Å². The highest BCUT2D eigenvalue weighted by Gasteiger charge is 2.26. The molecule has 1 fully saturated rings. The van der Waals surface area contributed by atoms with Gasteiger partial charge in [0.05, 0.1) is 7.11 Å². The summed E-state index contributed by atoms with van der Waals surface area (Å²) in [4.78, 5) is 38.6. The van der Waals surface area contributed by atoms with Crippen LogP contribution in [0.15, 0.2) is 24.3 Å². The van der Waals surface area contributed by atoms with Gasteiger partial charge in [0.2, 0.25) is 5.91 Å². The van der Waals surface area contributed by atoms with Gasteiger partial charge in [-0.05, 0) is 37.0 Å². The molecule has 32 heavy (non-hydrogen) atoms. The molecule has 0 bridgehead atoms. The SMILES string of the molecule is COC(=O)c1sc(-c2cccc(CN(C(C)=O)C3CCCCC3)c2)c(C)c1OCC(=O)O. The Morgan fingerprint density at radius 1 is 1.19 bits per heavy atom. The number of carboxylic acid groups (broad SMARTS) is 1. The normalized spacial score (nSPS) is 14.1. The number of aliphatic carboxylic acids is 1. The van der Waals surface area contributed by atoms with Crippen molar-refractivity contribution in [2.24, 2.45) is 0 Å². The Morgan fingerprint density at radius 2 is 1.91 bits per heavy atom. The van der Waals surface area contributed by atoms with Crippen molar-refractivity contribution < 1.29 is 29.0 Å². The summed E-state index contributed by atoms with van der Waals surface area (Å²) in [7, 11) is 1.28. The molecule has 8 heteroatoms. The van der Waals surface area contributed by atoms with Crippen LogP contribution in [0.25, 0.3) is 10.4 Å². The van der Waals surface area contributed by atoms with Crippen LogP contribution in [0.2, 0.25) is 0 Å². The smallest absolute Gasteiger partial charge is 0.351 e. The molecule has 3 rings (SSSR count). The first-order chi connectivity index (χ1) is 15.3. The van der Waals surface area contributed by atoms with Crippen LogP contribution < -0.4 is 4.74 Å². The Kier molecular flexibility index (Phi) is 7.90. The van der Waals surface area contributed by atoms with Crippen LogP contribution in [0.1, 0.15) is 59.8 Å². The summed E-state index contributed by atoms with van der Waals surface area (Å²) >= 11 is 1.21. The van der Waals surface area contributed by atoms with Gasteiger partial charge in [-0.15, -0.1) is 11.3 Å². The van der Waals surface area contributed by atoms with Gasteiger partial charge < -0.3 is 19.5 Å². The van der Waals surface area contributed by atoms with Crippen LogP contribution in [0.3, 0.4) is 0 Å². The van der Waals surface area contributed by atoms with Gasteiger partial charge in [-0.3, -0.25) is 4.79 Å². The van der Waals surface area contributed by atoms with Gasteiger partial charge in [-0.1, -0.05) is 37.5 Å². The first-order valence-corrected chi connectivity index (χ1v) is 11.6. The molecule has 1 aliphatic rings. The summed E-state index contributed by atoms with van der Waals surface area (Å²) < 4.78 is 10.3. The average molecular weight is 460 g/mol. The number of carboxylic acids is 1. The lowest BCUT2D eigenvalue weighted by Crippen LogP contribution is -2.39. The Bertz CT molecular complexity index is 992. The van der Waals surface area contributed by atoms with Crippen molar-refractivity contribution in [1.82, 2.24) is 4.90 Å². The van der Waals surface area contributed by atoms with E-state index in [0.29, 0.717) is 12.1 Å². The molecule has 2 aromatic rings. The molecule has 1 saturated carbocycles. The number of esters is 1. The molecular weight excluding hydrogens is 430 g/mol. The Labute approximate surface area is 191 Å². The number of benzene rings is 1. The highest BCUT2D eigenvalue weighted by Crippen LogP contribution is 2.42. The third kappa shape index (κ3) is 5.48. The number of rotatable bonds is 8. The van der Waals surface area contributed by atoms with E-state index in [1.807, 2.05) is 29.2 Å². The molecule has 1 aliphatic carbocycles. The second-order valence-electron chi connectivity index (χ2n) is 8.03. The highest BCUT2D eigenvalue weighted by atomic mass is 32.1. The monoisotopic (exact) mass is 459 g/mol. The minimum atomic E-state index is -1.12. The first kappa shape index (κ1) is 23.8. The molecule has 0 atom stereocenters. The van der Waals surface area contributed by atoms with Crippen LogP contribution in [-0.4, -0.2) is 47.6 Å². The zero-order chi connectivity index (χ0) is 23.3. The molecule has 0 aliphatic heterocycles. The van der Waals surface area contributed by atoms with E-state index in [9.17, 15) is 14.4 Å². The molecule has 1 aromatic heterocycles. The molecule has 1 amide bonds. The molecular formula is C24H29NO6S. The van der Waals surface area contributed by atoms with Crippen molar-refractivity contribution in [3.8, 4) is 16.2 Å². The third-order valence-corrected chi connectivity index (χ3v) is 7.07. The quantitative estimate of drug-likeness (QED) is 0.578. The van der Waals surface area contributed by atoms with Gasteiger partial charge in [0, 0.05) is 30.0 Å². The van der Waals surface area contributed by atoms with Crippen LogP contribution in [0.5, 0.6) is 5.75 Å². The maximum atomic E-state index is 12.4. The fourth-order valence-corrected chi connectivity index (χ4v) is 5.37. The fourth-order valence-electron chi connectivity index (χ4n) is 4.21. The van der Waals surface area contributed by atoms with E-state index in [0.717, 1.165) is 41.7 Å². The third-order valence-electron chi connectivity index (χ3n) is 5.76. The van der Waals surface area contributed by atoms with Gasteiger partial charge >= 0.3 is 11.9 Å². The highest BCUT2D eigenvalue weighted by molar-refractivity contribution is 7.18. The Hall–Kier alpha value is -2.87. The Balaban J connectivity index is 1.91. The molecule has 1 N–H and O–H groups in total. The number of carbonyl (C=O) groups excluding carboxylic acids is 2. The number of carbonyl (C=O) groups is 3. The predicted molar refractivity (Wildman–Crippen MR) is 122 cm³/mol. The summed E-state index contributed by atoms with van der Waals surface area (Å²) in [6.07, 6.45) is 5.60. The second kappa shape index (κ2) is 10.6. The number of hydrogen-bond donors (Lipinski definition) is 1. The van der Waals surface area contributed by atoms with Gasteiger partial charge in [-0.25, -0.2) is 9.59 Å². The zero-order valence-electron chi connectivity index (χ0n) is 18.7. The maximum absolute atomic E-state index is 12.4. The number of hydrogen-bond acceptors (Lipinski definition) is 6.